The zero-order valence-electron chi connectivity index (χ0n) is 13.8. The summed E-state index contributed by atoms with van der Waals surface area (Å²) in [7, 11) is 0. The molecule has 9 nitrogen and oxygen atoms in total. The van der Waals surface area contributed by atoms with Gasteiger partial charge in [-0.15, -0.1) is 0 Å². The SMILES string of the molecule is CCC.NCC(=O)OCC1CCC(n2cc(C=O)c(=O)[nH]c2=O)O1. The Balaban J connectivity index is 0.000000891. The lowest BCUT2D eigenvalue weighted by Crippen LogP contribution is -2.34. The molecule has 0 saturated carbocycles. The summed E-state index contributed by atoms with van der Waals surface area (Å²) in [4.78, 5) is 46.8. The first-order chi connectivity index (χ1) is 11.5. The van der Waals surface area contributed by atoms with Crippen LogP contribution in [0.15, 0.2) is 15.8 Å². The number of H-pyrrole nitrogens is 1. The van der Waals surface area contributed by atoms with Crippen molar-refractivity contribution in [1.29, 1.82) is 0 Å². The molecule has 0 spiro atoms. The van der Waals surface area contributed by atoms with Gasteiger partial charge in [-0.25, -0.2) is 4.79 Å². The molecule has 1 saturated heterocycles. The molecule has 134 valence electrons. The van der Waals surface area contributed by atoms with Crippen LogP contribution in [0.3, 0.4) is 0 Å². The van der Waals surface area contributed by atoms with E-state index in [9.17, 15) is 19.2 Å². The molecule has 0 bridgehead atoms. The van der Waals surface area contributed by atoms with Gasteiger partial charge in [-0.3, -0.25) is 23.9 Å². The number of hydrogen-bond donors (Lipinski definition) is 2. The molecule has 3 N–H and O–H groups in total. The zero-order chi connectivity index (χ0) is 18.1. The lowest BCUT2D eigenvalue weighted by atomic mass is 10.2. The maximum atomic E-state index is 11.7. The number of rotatable bonds is 5. The summed E-state index contributed by atoms with van der Waals surface area (Å²) in [6, 6.07) is 0. The molecule has 1 aromatic rings. The third-order valence-corrected chi connectivity index (χ3v) is 3.11. The molecule has 2 unspecified atom stereocenters. The minimum atomic E-state index is -0.738. The Morgan fingerprint density at radius 1 is 1.46 bits per heavy atom. The van der Waals surface area contributed by atoms with Crippen molar-refractivity contribution in [3.8, 4) is 0 Å². The van der Waals surface area contributed by atoms with Gasteiger partial charge in [0.1, 0.15) is 12.8 Å². The van der Waals surface area contributed by atoms with E-state index in [1.807, 2.05) is 4.98 Å². The standard InChI is InChI=1S/C12H15N3O6.C3H8/c13-3-10(17)20-6-8-1-2-9(21-8)15-4-7(5-16)11(18)14-12(15)19;1-3-2/h4-5,8-9H,1-3,6,13H2,(H,14,18,19);3H2,1-2H3. The van der Waals surface area contributed by atoms with E-state index in [4.69, 9.17) is 15.2 Å². The molecular weight excluding hydrogens is 318 g/mol. The van der Waals surface area contributed by atoms with Gasteiger partial charge in [0.15, 0.2) is 6.29 Å². The summed E-state index contributed by atoms with van der Waals surface area (Å²) in [6.07, 6.45) is 2.87. The first-order valence-corrected chi connectivity index (χ1v) is 7.78. The normalized spacial score (nSPS) is 19.3. The van der Waals surface area contributed by atoms with E-state index in [1.54, 1.807) is 0 Å². The van der Waals surface area contributed by atoms with Crippen LogP contribution in [0, 0.1) is 0 Å². The van der Waals surface area contributed by atoms with Crippen molar-refractivity contribution in [2.24, 2.45) is 5.73 Å². The molecule has 0 aliphatic carbocycles. The maximum absolute atomic E-state index is 11.7. The van der Waals surface area contributed by atoms with Crippen molar-refractivity contribution < 1.29 is 19.1 Å². The highest BCUT2D eigenvalue weighted by Crippen LogP contribution is 2.27. The predicted octanol–water partition coefficient (Wildman–Crippen LogP) is -0.0551. The van der Waals surface area contributed by atoms with Gasteiger partial charge in [-0.2, -0.15) is 0 Å². The predicted molar refractivity (Wildman–Crippen MR) is 85.8 cm³/mol. The topological polar surface area (TPSA) is 133 Å². The van der Waals surface area contributed by atoms with Gasteiger partial charge < -0.3 is 15.2 Å². The third-order valence-electron chi connectivity index (χ3n) is 3.11. The monoisotopic (exact) mass is 341 g/mol. The number of esters is 1. The highest BCUT2D eigenvalue weighted by atomic mass is 16.6. The molecule has 2 heterocycles. The molecule has 0 radical (unpaired) electrons. The van der Waals surface area contributed by atoms with Crippen LogP contribution >= 0.6 is 0 Å². The lowest BCUT2D eigenvalue weighted by molar-refractivity contribution is -0.146. The van der Waals surface area contributed by atoms with Crippen LogP contribution < -0.4 is 17.0 Å². The van der Waals surface area contributed by atoms with Gasteiger partial charge in [0.25, 0.3) is 5.56 Å². The molecular formula is C15H23N3O6. The van der Waals surface area contributed by atoms with E-state index in [0.717, 1.165) is 10.8 Å². The quantitative estimate of drug-likeness (QED) is 0.566. The highest BCUT2D eigenvalue weighted by Gasteiger charge is 2.28. The van der Waals surface area contributed by atoms with Crippen molar-refractivity contribution in [3.63, 3.8) is 0 Å². The number of nitrogens with zero attached hydrogens (tertiary/aromatic N) is 1. The highest BCUT2D eigenvalue weighted by molar-refractivity contribution is 5.73. The molecule has 1 aromatic heterocycles. The van der Waals surface area contributed by atoms with E-state index in [-0.39, 0.29) is 24.8 Å². The molecule has 2 atom stereocenters. The van der Waals surface area contributed by atoms with Crippen LogP contribution in [0.25, 0.3) is 0 Å². The maximum Gasteiger partial charge on any atom is 0.330 e. The molecule has 24 heavy (non-hydrogen) atoms. The van der Waals surface area contributed by atoms with Crippen LogP contribution in [0.4, 0.5) is 0 Å². The number of ether oxygens (including phenoxy) is 2. The van der Waals surface area contributed by atoms with Gasteiger partial charge in [0.05, 0.1) is 18.2 Å². The number of hydrogen-bond acceptors (Lipinski definition) is 7. The average molecular weight is 341 g/mol. The minimum absolute atomic E-state index is 0.0468. The summed E-state index contributed by atoms with van der Waals surface area (Å²) in [5.74, 6) is -0.536. The largest absolute Gasteiger partial charge is 0.462 e. The molecule has 9 heteroatoms. The van der Waals surface area contributed by atoms with Crippen molar-refractivity contribution in [2.45, 2.75) is 45.4 Å². The van der Waals surface area contributed by atoms with Crippen LogP contribution in [-0.4, -0.2) is 41.1 Å². The van der Waals surface area contributed by atoms with Crippen LogP contribution in [0.2, 0.25) is 0 Å². The summed E-state index contributed by atoms with van der Waals surface area (Å²) >= 11 is 0. The fourth-order valence-electron chi connectivity index (χ4n) is 2.06. The Morgan fingerprint density at radius 2 is 2.12 bits per heavy atom. The second-order valence-electron chi connectivity index (χ2n) is 5.25. The van der Waals surface area contributed by atoms with Crippen molar-refractivity contribution >= 4 is 12.3 Å². The second-order valence-corrected chi connectivity index (χ2v) is 5.25. The van der Waals surface area contributed by atoms with Gasteiger partial charge >= 0.3 is 11.7 Å². The molecule has 1 aliphatic heterocycles. The average Bonchev–Trinajstić information content (AvgIpc) is 3.02. The summed E-state index contributed by atoms with van der Waals surface area (Å²) in [6.45, 7) is 4.09. The Labute approximate surface area is 138 Å². The second kappa shape index (κ2) is 9.78. The molecule has 1 aliphatic rings. The summed E-state index contributed by atoms with van der Waals surface area (Å²) in [5, 5.41) is 0. The van der Waals surface area contributed by atoms with Gasteiger partial charge in [0.2, 0.25) is 0 Å². The fourth-order valence-corrected chi connectivity index (χ4v) is 2.06. The Morgan fingerprint density at radius 3 is 2.71 bits per heavy atom. The number of aldehydes is 1. The molecule has 0 aromatic carbocycles. The number of aromatic amines is 1. The van der Waals surface area contributed by atoms with Crippen LogP contribution in [-0.2, 0) is 14.3 Å². The van der Waals surface area contributed by atoms with E-state index < -0.39 is 23.4 Å². The van der Waals surface area contributed by atoms with Crippen LogP contribution in [0.1, 0.15) is 49.7 Å². The Bertz CT molecular complexity index is 666. The number of nitrogens with one attached hydrogen (secondary N) is 1. The van der Waals surface area contributed by atoms with Gasteiger partial charge in [0, 0.05) is 6.20 Å². The number of carbonyl (C=O) groups excluding carboxylic acids is 2. The summed E-state index contributed by atoms with van der Waals surface area (Å²) in [5.41, 5.74) is 3.56. The molecule has 0 amide bonds. The van der Waals surface area contributed by atoms with Crippen molar-refractivity contribution in [1.82, 2.24) is 9.55 Å². The molecule has 2 rings (SSSR count). The summed E-state index contributed by atoms with van der Waals surface area (Å²) < 4.78 is 11.6. The minimum Gasteiger partial charge on any atom is -0.462 e. The van der Waals surface area contributed by atoms with Crippen molar-refractivity contribution in [3.05, 3.63) is 32.6 Å². The smallest absolute Gasteiger partial charge is 0.330 e. The first-order valence-electron chi connectivity index (χ1n) is 7.78. The number of aromatic nitrogens is 2. The fraction of sp³-hybridized carbons (Fsp3) is 0.600. The Hall–Kier alpha value is -2.26. The van der Waals surface area contributed by atoms with E-state index in [2.05, 4.69) is 13.8 Å². The zero-order valence-corrected chi connectivity index (χ0v) is 13.8. The van der Waals surface area contributed by atoms with Gasteiger partial charge in [-0.05, 0) is 12.8 Å². The number of carbonyl (C=O) groups is 2. The molecule has 1 fully saturated rings. The van der Waals surface area contributed by atoms with E-state index in [1.165, 1.54) is 6.42 Å². The van der Waals surface area contributed by atoms with E-state index >= 15 is 0 Å². The Kier molecular flexibility index (Phi) is 8.07. The number of nitrogens with two attached hydrogens (primary N) is 1. The van der Waals surface area contributed by atoms with Crippen LogP contribution in [0.5, 0.6) is 0 Å². The van der Waals surface area contributed by atoms with E-state index in [0.29, 0.717) is 19.1 Å². The van der Waals surface area contributed by atoms with Crippen molar-refractivity contribution in [2.75, 3.05) is 13.2 Å². The van der Waals surface area contributed by atoms with Gasteiger partial charge in [-0.1, -0.05) is 20.3 Å². The third kappa shape index (κ3) is 5.43. The lowest BCUT2D eigenvalue weighted by Gasteiger charge is -2.15. The first kappa shape index (κ1) is 19.8.